The van der Waals surface area contributed by atoms with Gasteiger partial charge in [0, 0.05) is 31.2 Å². The smallest absolute Gasteiger partial charge is 0.244 e. The lowest BCUT2D eigenvalue weighted by molar-refractivity contribution is -0.116. The van der Waals surface area contributed by atoms with Gasteiger partial charge in [0.15, 0.2) is 0 Å². The molecule has 0 atom stereocenters. The maximum atomic E-state index is 12.2. The van der Waals surface area contributed by atoms with Gasteiger partial charge in [-0.05, 0) is 59.0 Å². The Labute approximate surface area is 152 Å². The molecule has 25 heavy (non-hydrogen) atoms. The first kappa shape index (κ1) is 17.7. The molecule has 0 spiro atoms. The van der Waals surface area contributed by atoms with Gasteiger partial charge in [-0.3, -0.25) is 4.79 Å². The Hall–Kier alpha value is -2.11. The van der Waals surface area contributed by atoms with Crippen molar-refractivity contribution in [3.05, 3.63) is 58.3 Å². The molecule has 1 fully saturated rings. The Bertz CT molecular complexity index is 701. The first-order valence-electron chi connectivity index (χ1n) is 8.42. The standard InChI is InChI=1S/C20H23NO3S/c1-23-18-5-3-17(4-6-18)20(9-11-24-12-10-20)15-21-19(22)7-2-16-8-13-25-14-16/h2-8,13-14H,9-12,15H2,1H3,(H,21,22)/b7-2+. The second-order valence-electron chi connectivity index (χ2n) is 6.23. The molecule has 1 aromatic heterocycles. The molecule has 0 bridgehead atoms. The number of hydrogen-bond donors (Lipinski definition) is 1. The number of nitrogens with one attached hydrogen (secondary N) is 1. The van der Waals surface area contributed by atoms with E-state index in [-0.39, 0.29) is 11.3 Å². The molecule has 5 heteroatoms. The quantitative estimate of drug-likeness (QED) is 0.803. The highest BCUT2D eigenvalue weighted by atomic mass is 32.1. The molecule has 0 radical (unpaired) electrons. The van der Waals surface area contributed by atoms with Crippen LogP contribution in [0.3, 0.4) is 0 Å². The van der Waals surface area contributed by atoms with Crippen LogP contribution in [0.5, 0.6) is 5.75 Å². The molecular weight excluding hydrogens is 334 g/mol. The van der Waals surface area contributed by atoms with Crippen molar-refractivity contribution in [3.8, 4) is 5.75 Å². The number of carbonyl (C=O) groups excluding carboxylic acids is 1. The fourth-order valence-electron chi connectivity index (χ4n) is 3.13. The van der Waals surface area contributed by atoms with Crippen LogP contribution in [-0.4, -0.2) is 32.8 Å². The summed E-state index contributed by atoms with van der Waals surface area (Å²) in [6.07, 6.45) is 5.24. The van der Waals surface area contributed by atoms with Gasteiger partial charge in [0.2, 0.25) is 5.91 Å². The van der Waals surface area contributed by atoms with E-state index in [4.69, 9.17) is 9.47 Å². The Morgan fingerprint density at radius 2 is 2.04 bits per heavy atom. The van der Waals surface area contributed by atoms with Crippen molar-refractivity contribution in [2.45, 2.75) is 18.3 Å². The van der Waals surface area contributed by atoms with E-state index >= 15 is 0 Å². The number of amides is 1. The summed E-state index contributed by atoms with van der Waals surface area (Å²) in [5.74, 6) is 0.777. The predicted molar refractivity (Wildman–Crippen MR) is 101 cm³/mol. The van der Waals surface area contributed by atoms with Crippen molar-refractivity contribution in [2.24, 2.45) is 0 Å². The Balaban J connectivity index is 1.68. The minimum atomic E-state index is -0.0869. The molecule has 2 aromatic rings. The highest BCUT2D eigenvalue weighted by Gasteiger charge is 2.34. The zero-order valence-corrected chi connectivity index (χ0v) is 15.2. The third-order valence-corrected chi connectivity index (χ3v) is 5.43. The molecule has 4 nitrogen and oxygen atoms in total. The van der Waals surface area contributed by atoms with Gasteiger partial charge >= 0.3 is 0 Å². The molecule has 1 N–H and O–H groups in total. The van der Waals surface area contributed by atoms with Gasteiger partial charge in [-0.2, -0.15) is 11.3 Å². The van der Waals surface area contributed by atoms with Crippen LogP contribution in [-0.2, 0) is 14.9 Å². The van der Waals surface area contributed by atoms with Crippen molar-refractivity contribution < 1.29 is 14.3 Å². The summed E-state index contributed by atoms with van der Waals surface area (Å²) in [5, 5.41) is 7.09. The first-order valence-corrected chi connectivity index (χ1v) is 9.37. The number of benzene rings is 1. The van der Waals surface area contributed by atoms with Crippen LogP contribution in [0, 0.1) is 0 Å². The Morgan fingerprint density at radius 3 is 2.68 bits per heavy atom. The molecule has 3 rings (SSSR count). The number of methoxy groups -OCH3 is 1. The van der Waals surface area contributed by atoms with Crippen molar-refractivity contribution >= 4 is 23.3 Å². The highest BCUT2D eigenvalue weighted by molar-refractivity contribution is 7.08. The first-order chi connectivity index (χ1) is 12.2. The van der Waals surface area contributed by atoms with E-state index in [0.29, 0.717) is 19.8 Å². The van der Waals surface area contributed by atoms with Gasteiger partial charge in [0.25, 0.3) is 0 Å². The van der Waals surface area contributed by atoms with Crippen LogP contribution in [0.2, 0.25) is 0 Å². The van der Waals surface area contributed by atoms with E-state index in [1.165, 1.54) is 5.56 Å². The second kappa shape index (κ2) is 8.32. The van der Waals surface area contributed by atoms with Gasteiger partial charge in [-0.15, -0.1) is 0 Å². The monoisotopic (exact) mass is 357 g/mol. The van der Waals surface area contributed by atoms with Crippen LogP contribution in [0.25, 0.3) is 6.08 Å². The Morgan fingerprint density at radius 1 is 1.28 bits per heavy atom. The lowest BCUT2D eigenvalue weighted by atomic mass is 9.74. The molecule has 0 saturated carbocycles. The van der Waals surface area contributed by atoms with Gasteiger partial charge in [-0.25, -0.2) is 0 Å². The lowest BCUT2D eigenvalue weighted by Crippen LogP contribution is -2.44. The molecule has 1 saturated heterocycles. The summed E-state index contributed by atoms with van der Waals surface area (Å²) in [6.45, 7) is 2.04. The SMILES string of the molecule is COc1ccc(C2(CNC(=O)/C=C/c3ccsc3)CCOCC2)cc1. The third-order valence-electron chi connectivity index (χ3n) is 4.72. The average molecular weight is 357 g/mol. The van der Waals surface area contributed by atoms with Crippen LogP contribution in [0.4, 0.5) is 0 Å². The molecular formula is C20H23NO3S. The van der Waals surface area contributed by atoms with E-state index in [2.05, 4.69) is 17.4 Å². The summed E-state index contributed by atoms with van der Waals surface area (Å²) in [5.41, 5.74) is 2.19. The molecule has 1 aromatic carbocycles. The van der Waals surface area contributed by atoms with Gasteiger partial charge in [0.05, 0.1) is 7.11 Å². The maximum absolute atomic E-state index is 12.2. The maximum Gasteiger partial charge on any atom is 0.244 e. The summed E-state index contributed by atoms with van der Waals surface area (Å²) in [4.78, 5) is 12.2. The lowest BCUT2D eigenvalue weighted by Gasteiger charge is -2.38. The number of hydrogen-bond acceptors (Lipinski definition) is 4. The highest BCUT2D eigenvalue weighted by Crippen LogP contribution is 2.35. The normalized spacial score (nSPS) is 16.7. The zero-order chi connectivity index (χ0) is 17.5. The summed E-state index contributed by atoms with van der Waals surface area (Å²) >= 11 is 1.62. The van der Waals surface area contributed by atoms with Crippen molar-refractivity contribution in [1.29, 1.82) is 0 Å². The average Bonchev–Trinajstić information content (AvgIpc) is 3.19. The molecule has 1 amide bonds. The largest absolute Gasteiger partial charge is 0.497 e. The van der Waals surface area contributed by atoms with E-state index in [0.717, 1.165) is 24.2 Å². The summed E-state index contributed by atoms with van der Waals surface area (Å²) in [6, 6.07) is 10.1. The van der Waals surface area contributed by atoms with Gasteiger partial charge < -0.3 is 14.8 Å². The van der Waals surface area contributed by atoms with E-state index in [1.807, 2.05) is 35.0 Å². The number of carbonyl (C=O) groups is 1. The van der Waals surface area contributed by atoms with Crippen LogP contribution >= 0.6 is 11.3 Å². The molecule has 2 heterocycles. The van der Waals surface area contributed by atoms with Crippen LogP contribution in [0.1, 0.15) is 24.0 Å². The fraction of sp³-hybridized carbons (Fsp3) is 0.350. The van der Waals surface area contributed by atoms with Gasteiger partial charge in [0.1, 0.15) is 5.75 Å². The summed E-state index contributed by atoms with van der Waals surface area (Å²) in [7, 11) is 1.67. The number of rotatable bonds is 6. The molecule has 0 aliphatic carbocycles. The van der Waals surface area contributed by atoms with Crippen LogP contribution < -0.4 is 10.1 Å². The fourth-order valence-corrected chi connectivity index (χ4v) is 3.76. The molecule has 1 aliphatic rings. The number of ether oxygens (including phenoxy) is 2. The third kappa shape index (κ3) is 4.50. The van der Waals surface area contributed by atoms with E-state index in [1.54, 1.807) is 24.5 Å². The van der Waals surface area contributed by atoms with Crippen molar-refractivity contribution in [3.63, 3.8) is 0 Å². The zero-order valence-electron chi connectivity index (χ0n) is 14.4. The minimum absolute atomic E-state index is 0.0643. The van der Waals surface area contributed by atoms with Crippen molar-refractivity contribution in [2.75, 3.05) is 26.9 Å². The van der Waals surface area contributed by atoms with Crippen molar-refractivity contribution in [1.82, 2.24) is 5.32 Å². The molecule has 1 aliphatic heterocycles. The second-order valence-corrected chi connectivity index (χ2v) is 7.01. The van der Waals surface area contributed by atoms with Gasteiger partial charge in [-0.1, -0.05) is 12.1 Å². The molecule has 132 valence electrons. The molecule has 0 unspecified atom stereocenters. The summed E-state index contributed by atoms with van der Waals surface area (Å²) < 4.78 is 10.8. The minimum Gasteiger partial charge on any atom is -0.497 e. The topological polar surface area (TPSA) is 47.6 Å². The van der Waals surface area contributed by atoms with E-state index in [9.17, 15) is 4.79 Å². The Kier molecular flexibility index (Phi) is 5.89. The van der Waals surface area contributed by atoms with E-state index < -0.39 is 0 Å². The predicted octanol–water partition coefficient (Wildman–Crippen LogP) is 3.63. The van der Waals surface area contributed by atoms with Crippen LogP contribution in [0.15, 0.2) is 47.2 Å². The number of thiophene rings is 1.